The second kappa shape index (κ2) is 16.7. The molecule has 0 spiro atoms. The van der Waals surface area contributed by atoms with E-state index in [0.717, 1.165) is 6.07 Å². The molecule has 1 unspecified atom stereocenters. The maximum absolute atomic E-state index is 11.2. The molecule has 0 aliphatic carbocycles. The Morgan fingerprint density at radius 2 is 1.44 bits per heavy atom. The van der Waals surface area contributed by atoms with Crippen LogP contribution in [0, 0.1) is 0 Å². The first-order chi connectivity index (χ1) is 25.9. The first-order valence-electron chi connectivity index (χ1n) is 16.8. The summed E-state index contributed by atoms with van der Waals surface area (Å²) in [5.41, 5.74) is 1.14. The van der Waals surface area contributed by atoms with E-state index in [2.05, 4.69) is 0 Å². The van der Waals surface area contributed by atoms with Gasteiger partial charge in [0, 0.05) is 12.1 Å². The number of rotatable bonds is 12. The van der Waals surface area contributed by atoms with Crippen LogP contribution in [-0.2, 0) is 18.9 Å². The maximum Gasteiger partial charge on any atom is 0.402 e. The zero-order valence-electron chi connectivity index (χ0n) is 28.7. The zero-order chi connectivity index (χ0) is 38.7. The molecule has 0 amide bonds. The smallest absolute Gasteiger partial charge is 0.402 e. The van der Waals surface area contributed by atoms with Crippen LogP contribution in [0.25, 0.3) is 28.4 Å². The van der Waals surface area contributed by atoms with E-state index in [1.807, 2.05) is 0 Å². The van der Waals surface area contributed by atoms with Gasteiger partial charge >= 0.3 is 11.3 Å². The average Bonchev–Trinajstić information content (AvgIpc) is 3.15. The summed E-state index contributed by atoms with van der Waals surface area (Å²) in [6.45, 7) is -1.02. The molecular weight excluding hydrogens is 716 g/mol. The second-order valence-corrected chi connectivity index (χ2v) is 12.7. The molecule has 3 aromatic carbocycles. The van der Waals surface area contributed by atoms with Crippen molar-refractivity contribution in [2.45, 2.75) is 61.4 Å². The molecular formula is C37H41O17+. The van der Waals surface area contributed by atoms with Crippen LogP contribution in [0.3, 0.4) is 0 Å². The third-order valence-corrected chi connectivity index (χ3v) is 8.98. The number of phenolic OH excluding ortho intramolecular Hbond substituents is 4. The van der Waals surface area contributed by atoms with Crippen molar-refractivity contribution in [3.8, 4) is 45.8 Å². The van der Waals surface area contributed by atoms with Crippen molar-refractivity contribution in [1.82, 2.24) is 0 Å². The lowest BCUT2D eigenvalue weighted by Crippen LogP contribution is -2.65. The molecule has 17 nitrogen and oxygen atoms in total. The van der Waals surface area contributed by atoms with Crippen LogP contribution < -0.4 is 9.47 Å². The molecule has 10 atom stereocenters. The molecule has 1 aromatic heterocycles. The van der Waals surface area contributed by atoms with E-state index >= 15 is 0 Å². The number of methoxy groups -OCH3 is 1. The number of aromatic hydroxyl groups is 4. The molecule has 2 aliphatic heterocycles. The summed E-state index contributed by atoms with van der Waals surface area (Å²) in [6, 6.07) is 14.2. The minimum atomic E-state index is -1.87. The van der Waals surface area contributed by atoms with Gasteiger partial charge in [-0.15, -0.1) is 0 Å². The lowest BCUT2D eigenvalue weighted by molar-refractivity contribution is -0.353. The quantitative estimate of drug-likeness (QED) is 0.0712. The number of aliphatic hydroxyl groups is 6. The summed E-state index contributed by atoms with van der Waals surface area (Å²) in [5, 5.41) is 105. The Balaban J connectivity index is 1.14. The highest BCUT2D eigenvalue weighted by Gasteiger charge is 2.51. The molecule has 4 aromatic rings. The first kappa shape index (κ1) is 38.9. The van der Waals surface area contributed by atoms with Crippen molar-refractivity contribution in [3.05, 3.63) is 72.3 Å². The minimum absolute atomic E-state index is 0.0185. The van der Waals surface area contributed by atoms with E-state index in [4.69, 9.17) is 32.8 Å². The zero-order valence-corrected chi connectivity index (χ0v) is 28.7. The number of hydrogen-bond donors (Lipinski definition) is 10. The number of aliphatic hydroxyl groups excluding tert-OH is 6. The average molecular weight is 758 g/mol. The molecule has 2 fully saturated rings. The third-order valence-electron chi connectivity index (χ3n) is 8.98. The Morgan fingerprint density at radius 3 is 2.17 bits per heavy atom. The molecule has 10 N–H and O–H groups in total. The second-order valence-electron chi connectivity index (χ2n) is 12.7. The number of benzene rings is 3. The van der Waals surface area contributed by atoms with Gasteiger partial charge < -0.3 is 79.5 Å². The Kier molecular flexibility index (Phi) is 12.0. The molecule has 17 heteroatoms. The van der Waals surface area contributed by atoms with Crippen LogP contribution >= 0.6 is 0 Å². The predicted molar refractivity (Wildman–Crippen MR) is 186 cm³/mol. The topological polar surface area (TPSA) is 269 Å². The van der Waals surface area contributed by atoms with Gasteiger partial charge in [-0.25, -0.2) is 4.42 Å². The van der Waals surface area contributed by atoms with E-state index in [-0.39, 0.29) is 64.4 Å². The van der Waals surface area contributed by atoms with Crippen LogP contribution in [0.15, 0.2) is 71.2 Å². The van der Waals surface area contributed by atoms with E-state index in [1.165, 1.54) is 49.6 Å². The molecule has 2 aliphatic rings. The van der Waals surface area contributed by atoms with Gasteiger partial charge in [0.05, 0.1) is 38.6 Å². The van der Waals surface area contributed by atoms with Crippen molar-refractivity contribution in [2.24, 2.45) is 0 Å². The van der Waals surface area contributed by atoms with Gasteiger partial charge in [-0.1, -0.05) is 18.2 Å². The largest absolute Gasteiger partial charge is 0.508 e. The standard InChI is InChI=1S/C37H40O17/c1-48-25-11-17(4-9-22(25)41)3-2-10-49-16-28-29(43)30(44)32(46)37(53-28)54-35-27(15-38)52-36(33(47)31(35)45)51-26-14-21-23(42)12-20(40)13-24(21)50-34(26)18-5-7-19(39)8-6-18/h2-9,11-14,27-33,35-38,43-47H,10,15-16H2,1H3,(H3-,39,40,41,42)/p+1/b3-2+/t27-,28+,29+,30-,31-,32+,33-,35-,36-,37?/m0/s1. The Bertz CT molecular complexity index is 1920. The van der Waals surface area contributed by atoms with Gasteiger partial charge in [-0.05, 0) is 42.0 Å². The summed E-state index contributed by atoms with van der Waals surface area (Å²) in [7, 11) is 1.42. The summed E-state index contributed by atoms with van der Waals surface area (Å²) in [5.74, 6) is -0.512. The van der Waals surface area contributed by atoms with Crippen LogP contribution in [-0.4, -0.2) is 139 Å². The Hall–Kier alpha value is -4.79. The molecule has 2 saturated heterocycles. The van der Waals surface area contributed by atoms with Gasteiger partial charge in [0.1, 0.15) is 71.5 Å². The Morgan fingerprint density at radius 1 is 0.722 bits per heavy atom. The van der Waals surface area contributed by atoms with Crippen LogP contribution in [0.5, 0.6) is 34.5 Å². The van der Waals surface area contributed by atoms with Crippen molar-refractivity contribution in [3.63, 3.8) is 0 Å². The van der Waals surface area contributed by atoms with Crippen molar-refractivity contribution < 1.29 is 83.9 Å². The van der Waals surface area contributed by atoms with Gasteiger partial charge in [0.25, 0.3) is 0 Å². The monoisotopic (exact) mass is 757 g/mol. The van der Waals surface area contributed by atoms with E-state index < -0.39 is 68.0 Å². The molecule has 0 saturated carbocycles. The summed E-state index contributed by atoms with van der Waals surface area (Å²) in [6.07, 6.45) is -13.2. The Labute approximate surface area is 307 Å². The molecule has 0 bridgehead atoms. The summed E-state index contributed by atoms with van der Waals surface area (Å²) in [4.78, 5) is 0. The number of phenols is 4. The number of ether oxygens (including phenoxy) is 6. The predicted octanol–water partition coefficient (Wildman–Crippen LogP) is 0.952. The fraction of sp³-hybridized carbons (Fsp3) is 0.378. The number of hydrogen-bond acceptors (Lipinski definition) is 16. The van der Waals surface area contributed by atoms with Gasteiger partial charge in [-0.3, -0.25) is 0 Å². The van der Waals surface area contributed by atoms with Crippen LogP contribution in [0.4, 0.5) is 0 Å². The van der Waals surface area contributed by atoms with E-state index in [0.29, 0.717) is 11.1 Å². The maximum atomic E-state index is 11.2. The highest BCUT2D eigenvalue weighted by atomic mass is 16.7. The SMILES string of the molecule is COc1cc(/C=C/COC[C@H]2OC(O[C@@H]3[C@@H](O)[C@H](O)[C@@H](Oc4cc5c(O)cc(O)cc5[o+]c4-c4ccc(O)cc4)O[C@H]3CO)[C@H](O)[C@@H](O)[C@@H]2O)ccc1O. The van der Waals surface area contributed by atoms with Gasteiger partial charge in [0.15, 0.2) is 17.8 Å². The van der Waals surface area contributed by atoms with Crippen molar-refractivity contribution in [2.75, 3.05) is 26.9 Å². The summed E-state index contributed by atoms with van der Waals surface area (Å²) >= 11 is 0. The van der Waals surface area contributed by atoms with Crippen molar-refractivity contribution >= 4 is 17.0 Å². The van der Waals surface area contributed by atoms with E-state index in [9.17, 15) is 51.1 Å². The summed E-state index contributed by atoms with van der Waals surface area (Å²) < 4.78 is 39.9. The molecule has 54 heavy (non-hydrogen) atoms. The van der Waals surface area contributed by atoms with E-state index in [1.54, 1.807) is 24.3 Å². The van der Waals surface area contributed by atoms with Crippen molar-refractivity contribution in [1.29, 1.82) is 0 Å². The normalized spacial score (nSPS) is 28.7. The third kappa shape index (κ3) is 8.30. The highest BCUT2D eigenvalue weighted by molar-refractivity contribution is 5.88. The van der Waals surface area contributed by atoms with Gasteiger partial charge in [-0.2, -0.15) is 0 Å². The lowest BCUT2D eigenvalue weighted by atomic mass is 9.97. The highest BCUT2D eigenvalue weighted by Crippen LogP contribution is 2.41. The fourth-order valence-electron chi connectivity index (χ4n) is 6.08. The lowest BCUT2D eigenvalue weighted by Gasteiger charge is -2.45. The fourth-order valence-corrected chi connectivity index (χ4v) is 6.08. The molecule has 3 heterocycles. The molecule has 0 radical (unpaired) electrons. The molecule has 290 valence electrons. The van der Waals surface area contributed by atoms with Crippen LogP contribution in [0.1, 0.15) is 5.56 Å². The number of fused-ring (bicyclic) bond motifs is 1. The first-order valence-corrected chi connectivity index (χ1v) is 16.8. The van der Waals surface area contributed by atoms with Gasteiger partial charge in [0.2, 0.25) is 12.0 Å². The minimum Gasteiger partial charge on any atom is -0.508 e. The molecule has 6 rings (SSSR count). The van der Waals surface area contributed by atoms with Crippen LogP contribution in [0.2, 0.25) is 0 Å².